The monoisotopic (exact) mass is 594 g/mol. The van der Waals surface area contributed by atoms with Crippen LogP contribution >= 0.6 is 0 Å². The lowest BCUT2D eigenvalue weighted by atomic mass is 9.85. The summed E-state index contributed by atoms with van der Waals surface area (Å²) in [6.45, 7) is 11.9. The number of aliphatic imine (C=N–C) groups is 1. The fourth-order valence-electron chi connectivity index (χ4n) is 6.55. The van der Waals surface area contributed by atoms with Crippen molar-refractivity contribution in [2.75, 3.05) is 13.1 Å². The molecule has 2 amide bonds. The van der Waals surface area contributed by atoms with E-state index in [9.17, 15) is 9.59 Å². The third-order valence-corrected chi connectivity index (χ3v) is 9.63. The summed E-state index contributed by atoms with van der Waals surface area (Å²) in [5, 5.41) is 11.1. The molecule has 0 spiro atoms. The zero-order chi connectivity index (χ0) is 31.0. The number of carbonyl (C=O) groups is 2. The highest BCUT2D eigenvalue weighted by Gasteiger charge is 2.30. The molecule has 1 aromatic heterocycles. The Morgan fingerprint density at radius 1 is 1.00 bits per heavy atom. The molecule has 1 saturated carbocycles. The van der Waals surface area contributed by atoms with Crippen LogP contribution < -0.4 is 10.6 Å². The maximum Gasteiger partial charge on any atom is 0.256 e. The largest absolute Gasteiger partial charge is 0.339 e. The van der Waals surface area contributed by atoms with Crippen molar-refractivity contribution in [1.82, 2.24) is 25.3 Å². The minimum atomic E-state index is -0.182. The topological polar surface area (TPSA) is 91.6 Å². The first-order valence-corrected chi connectivity index (χ1v) is 16.3. The Balaban J connectivity index is 1.06. The number of piperidine rings is 1. The normalized spacial score (nSPS) is 24.4. The van der Waals surface area contributed by atoms with E-state index in [-0.39, 0.29) is 29.8 Å². The van der Waals surface area contributed by atoms with Crippen LogP contribution in [0.25, 0.3) is 11.1 Å². The van der Waals surface area contributed by atoms with Crippen LogP contribution in [0.4, 0.5) is 0 Å². The number of benzene rings is 1. The van der Waals surface area contributed by atoms with Crippen LogP contribution in [-0.2, 0) is 9.59 Å². The molecule has 0 radical (unpaired) electrons. The second-order valence-corrected chi connectivity index (χ2v) is 13.5. The summed E-state index contributed by atoms with van der Waals surface area (Å²) in [7, 11) is 0. The van der Waals surface area contributed by atoms with Crippen molar-refractivity contribution in [2.24, 2.45) is 16.8 Å². The van der Waals surface area contributed by atoms with E-state index in [1.165, 1.54) is 29.5 Å². The molecule has 0 bridgehead atoms. The summed E-state index contributed by atoms with van der Waals surface area (Å²) in [5.41, 5.74) is 6.87. The summed E-state index contributed by atoms with van der Waals surface area (Å²) in [6.07, 6.45) is 14.7. The second-order valence-electron chi connectivity index (χ2n) is 13.5. The first-order chi connectivity index (χ1) is 21.2. The summed E-state index contributed by atoms with van der Waals surface area (Å²) in [4.78, 5) is 33.5. The number of amides is 2. The number of allylic oxidation sites excluding steroid dienone is 2. The Morgan fingerprint density at radius 2 is 1.73 bits per heavy atom. The molecule has 2 N–H and O–H groups in total. The molecular weight excluding hydrogens is 548 g/mol. The van der Waals surface area contributed by atoms with E-state index in [1.54, 1.807) is 6.21 Å². The summed E-state index contributed by atoms with van der Waals surface area (Å²) >= 11 is 0. The van der Waals surface area contributed by atoms with Gasteiger partial charge in [-0.15, -0.1) is 0 Å². The quantitative estimate of drug-likeness (QED) is 0.397. The van der Waals surface area contributed by atoms with Gasteiger partial charge in [0.25, 0.3) is 5.91 Å². The molecule has 6 rings (SSSR count). The standard InChI is InChI=1S/C36H46N6O2/c1-22(2)39-34-24(4)17-30(19-37-34)35(43)40-33-18-29(16-23(3)25(33)5)36(44)41-14-12-28(13-15-41)26-6-8-27(9-7-26)31-20-38-42(21-31)32-10-11-32/h6-9,17-24,28,32,34,39H,10-16H2,1-5H3,(H,40,43). The van der Waals surface area contributed by atoms with Crippen LogP contribution in [-0.4, -0.2) is 58.0 Å². The number of nitrogens with one attached hydrogen (secondary N) is 2. The fraction of sp³-hybridized carbons (Fsp3) is 0.500. The number of hydrogen-bond acceptors (Lipinski definition) is 5. The Morgan fingerprint density at radius 3 is 2.39 bits per heavy atom. The first-order valence-electron chi connectivity index (χ1n) is 16.3. The Hall–Kier alpha value is -3.78. The second kappa shape index (κ2) is 12.7. The van der Waals surface area contributed by atoms with Gasteiger partial charge in [-0.3, -0.25) is 24.6 Å². The first kappa shape index (κ1) is 30.3. The number of likely N-dealkylation sites (tertiary alicyclic amines) is 1. The van der Waals surface area contributed by atoms with E-state index in [2.05, 4.69) is 83.6 Å². The minimum Gasteiger partial charge on any atom is -0.339 e. The molecule has 232 valence electrons. The van der Waals surface area contributed by atoms with E-state index in [4.69, 9.17) is 0 Å². The molecule has 1 aromatic carbocycles. The SMILES string of the molecule is CC1=C(NC(=O)C2=CC(C)C(NC(C)C)N=C2)C=C(C(=O)N2CCC(c3ccc(-c4cnn(C5CC5)c4)cc3)CC2)CC1C. The number of aromatic nitrogens is 2. The third-order valence-electron chi connectivity index (χ3n) is 9.63. The van der Waals surface area contributed by atoms with Crippen LogP contribution in [0.2, 0.25) is 0 Å². The molecule has 2 fully saturated rings. The fourth-order valence-corrected chi connectivity index (χ4v) is 6.55. The predicted molar refractivity (Wildman–Crippen MR) is 175 cm³/mol. The molecule has 3 unspecified atom stereocenters. The highest BCUT2D eigenvalue weighted by Crippen LogP contribution is 2.36. The average Bonchev–Trinajstić information content (AvgIpc) is 3.76. The molecule has 3 atom stereocenters. The lowest BCUT2D eigenvalue weighted by Gasteiger charge is -2.34. The smallest absolute Gasteiger partial charge is 0.256 e. The van der Waals surface area contributed by atoms with Gasteiger partial charge in [0.15, 0.2) is 0 Å². The maximum atomic E-state index is 13.7. The molecular formula is C36H46N6O2. The van der Waals surface area contributed by atoms with Gasteiger partial charge in [-0.2, -0.15) is 5.10 Å². The molecule has 2 aliphatic carbocycles. The summed E-state index contributed by atoms with van der Waals surface area (Å²) in [5.74, 6) is 0.635. The van der Waals surface area contributed by atoms with E-state index in [0.717, 1.165) is 42.8 Å². The predicted octanol–water partition coefficient (Wildman–Crippen LogP) is 5.92. The van der Waals surface area contributed by atoms with Gasteiger partial charge in [0.2, 0.25) is 5.91 Å². The van der Waals surface area contributed by atoms with Gasteiger partial charge < -0.3 is 10.2 Å². The minimum absolute atomic E-state index is 0.0301. The number of dihydropyridines is 1. The third kappa shape index (κ3) is 6.65. The average molecular weight is 595 g/mol. The Labute approximate surface area is 261 Å². The van der Waals surface area contributed by atoms with E-state index < -0.39 is 0 Å². The molecule has 8 nitrogen and oxygen atoms in total. The zero-order valence-electron chi connectivity index (χ0n) is 26.7. The van der Waals surface area contributed by atoms with Crippen molar-refractivity contribution >= 4 is 18.0 Å². The number of hydrogen-bond donors (Lipinski definition) is 2. The highest BCUT2D eigenvalue weighted by atomic mass is 16.2. The molecule has 4 aliphatic rings. The van der Waals surface area contributed by atoms with Gasteiger partial charge in [0.05, 0.1) is 17.8 Å². The lowest BCUT2D eigenvalue weighted by Crippen LogP contribution is -2.40. The highest BCUT2D eigenvalue weighted by molar-refractivity contribution is 6.13. The number of carbonyl (C=O) groups excluding carboxylic acids is 2. The summed E-state index contributed by atoms with van der Waals surface area (Å²) in [6, 6.07) is 9.80. The van der Waals surface area contributed by atoms with Gasteiger partial charge in [-0.25, -0.2) is 0 Å². The molecule has 1 saturated heterocycles. The van der Waals surface area contributed by atoms with Gasteiger partial charge in [-0.05, 0) is 87.5 Å². The number of rotatable bonds is 8. The summed E-state index contributed by atoms with van der Waals surface area (Å²) < 4.78 is 2.09. The van der Waals surface area contributed by atoms with Gasteiger partial charge in [0, 0.05) is 54.3 Å². The van der Waals surface area contributed by atoms with Crippen molar-refractivity contribution < 1.29 is 9.59 Å². The van der Waals surface area contributed by atoms with Crippen molar-refractivity contribution in [2.45, 2.75) is 90.9 Å². The maximum absolute atomic E-state index is 13.7. The van der Waals surface area contributed by atoms with E-state index >= 15 is 0 Å². The van der Waals surface area contributed by atoms with Crippen molar-refractivity contribution in [3.8, 4) is 11.1 Å². The van der Waals surface area contributed by atoms with Crippen molar-refractivity contribution in [3.63, 3.8) is 0 Å². The molecule has 2 aliphatic heterocycles. The number of nitrogens with zero attached hydrogens (tertiary/aromatic N) is 4. The van der Waals surface area contributed by atoms with Gasteiger partial charge in [0.1, 0.15) is 6.17 Å². The Kier molecular flexibility index (Phi) is 8.72. The van der Waals surface area contributed by atoms with Crippen molar-refractivity contribution in [3.05, 3.63) is 76.8 Å². The van der Waals surface area contributed by atoms with Gasteiger partial charge in [-0.1, -0.05) is 44.2 Å². The zero-order valence-corrected chi connectivity index (χ0v) is 26.7. The van der Waals surface area contributed by atoms with Crippen LogP contribution in [0, 0.1) is 11.8 Å². The Bertz CT molecular complexity index is 1520. The lowest BCUT2D eigenvalue weighted by molar-refractivity contribution is -0.128. The van der Waals surface area contributed by atoms with Crippen LogP contribution in [0.1, 0.15) is 84.2 Å². The molecule has 2 aromatic rings. The molecule has 8 heteroatoms. The molecule has 3 heterocycles. The van der Waals surface area contributed by atoms with Crippen LogP contribution in [0.15, 0.2) is 76.2 Å². The van der Waals surface area contributed by atoms with E-state index in [1.807, 2.05) is 30.2 Å². The molecule has 44 heavy (non-hydrogen) atoms. The van der Waals surface area contributed by atoms with Crippen LogP contribution in [0.3, 0.4) is 0 Å². The van der Waals surface area contributed by atoms with Crippen molar-refractivity contribution in [1.29, 1.82) is 0 Å². The van der Waals surface area contributed by atoms with E-state index in [0.29, 0.717) is 30.0 Å². The van der Waals surface area contributed by atoms with Gasteiger partial charge >= 0.3 is 0 Å². The van der Waals surface area contributed by atoms with Crippen LogP contribution in [0.5, 0.6) is 0 Å².